The first-order chi connectivity index (χ1) is 18.9. The summed E-state index contributed by atoms with van der Waals surface area (Å²) in [6.07, 6.45) is 3.83. The highest BCUT2D eigenvalue weighted by atomic mass is 32.2. The van der Waals surface area contributed by atoms with Crippen LogP contribution in [0.1, 0.15) is 36.5 Å². The first kappa shape index (κ1) is 26.6. The number of hydrogen-bond acceptors (Lipinski definition) is 5. The number of amides is 2. The van der Waals surface area contributed by atoms with E-state index in [1.807, 2.05) is 73.8 Å². The predicted molar refractivity (Wildman–Crippen MR) is 157 cm³/mol. The quantitative estimate of drug-likeness (QED) is 0.198. The van der Waals surface area contributed by atoms with Gasteiger partial charge < -0.3 is 14.0 Å². The van der Waals surface area contributed by atoms with Crippen molar-refractivity contribution in [1.29, 1.82) is 0 Å². The van der Waals surface area contributed by atoms with Crippen LogP contribution in [0.25, 0.3) is 17.0 Å². The smallest absolute Gasteiger partial charge is 0.293 e. The van der Waals surface area contributed by atoms with Gasteiger partial charge in [-0.15, -0.1) is 0 Å². The lowest BCUT2D eigenvalue weighted by Crippen LogP contribution is -2.32. The Bertz CT molecular complexity index is 1520. The molecule has 5 rings (SSSR count). The number of benzene rings is 3. The van der Waals surface area contributed by atoms with E-state index < -0.39 is 0 Å². The van der Waals surface area contributed by atoms with Gasteiger partial charge in [-0.2, -0.15) is 0 Å². The molecule has 1 fully saturated rings. The van der Waals surface area contributed by atoms with E-state index >= 15 is 0 Å². The van der Waals surface area contributed by atoms with Gasteiger partial charge in [0.05, 0.1) is 18.0 Å². The van der Waals surface area contributed by atoms with Crippen LogP contribution in [0.4, 0.5) is 4.79 Å². The van der Waals surface area contributed by atoms with E-state index in [0.29, 0.717) is 24.0 Å². The second-order valence-electron chi connectivity index (χ2n) is 9.83. The summed E-state index contributed by atoms with van der Waals surface area (Å²) in [5.41, 5.74) is 4.16. The van der Waals surface area contributed by atoms with Gasteiger partial charge in [0.15, 0.2) is 0 Å². The van der Waals surface area contributed by atoms with Crippen molar-refractivity contribution in [2.45, 2.75) is 33.2 Å². The van der Waals surface area contributed by atoms with Crippen LogP contribution in [0, 0.1) is 6.92 Å². The number of thioether (sulfide) groups is 1. The number of carbonyl (C=O) groups is 2. The largest absolute Gasteiger partial charge is 0.492 e. The van der Waals surface area contributed by atoms with Crippen LogP contribution in [0.5, 0.6) is 11.5 Å². The summed E-state index contributed by atoms with van der Waals surface area (Å²) in [7, 11) is 0. The maximum absolute atomic E-state index is 13.2. The topological polar surface area (TPSA) is 60.8 Å². The number of fused-ring (bicyclic) bond motifs is 1. The number of ether oxygens (including phenoxy) is 2. The Hall–Kier alpha value is -3.97. The van der Waals surface area contributed by atoms with Gasteiger partial charge in [0.25, 0.3) is 11.1 Å². The third-order valence-corrected chi connectivity index (χ3v) is 7.59. The van der Waals surface area contributed by atoms with Crippen LogP contribution in [-0.2, 0) is 11.3 Å². The number of para-hydroxylation sites is 2. The zero-order valence-electron chi connectivity index (χ0n) is 22.4. The average molecular weight is 541 g/mol. The van der Waals surface area contributed by atoms with Gasteiger partial charge in [0.2, 0.25) is 0 Å². The third kappa shape index (κ3) is 6.04. The lowest BCUT2D eigenvalue weighted by molar-refractivity contribution is -0.123. The fourth-order valence-corrected chi connectivity index (χ4v) is 5.53. The molecule has 2 heterocycles. The molecule has 6 nitrogen and oxygen atoms in total. The first-order valence-corrected chi connectivity index (χ1v) is 14.0. The molecule has 2 amide bonds. The van der Waals surface area contributed by atoms with Crippen LogP contribution in [0.15, 0.2) is 83.9 Å². The molecule has 39 heavy (non-hydrogen) atoms. The molecule has 0 radical (unpaired) electrons. The highest BCUT2D eigenvalue weighted by molar-refractivity contribution is 8.18. The summed E-state index contributed by atoms with van der Waals surface area (Å²) in [6, 6.07) is 23.9. The molecule has 0 bridgehead atoms. The summed E-state index contributed by atoms with van der Waals surface area (Å²) in [6.45, 7) is 7.86. The van der Waals surface area contributed by atoms with Crippen LogP contribution in [-0.4, -0.2) is 40.4 Å². The van der Waals surface area contributed by atoms with Crippen molar-refractivity contribution < 1.29 is 19.1 Å². The van der Waals surface area contributed by atoms with Gasteiger partial charge in [-0.05, 0) is 66.1 Å². The normalized spacial score (nSPS) is 14.7. The minimum absolute atomic E-state index is 0.200. The van der Waals surface area contributed by atoms with Gasteiger partial charge in [0, 0.05) is 22.7 Å². The van der Waals surface area contributed by atoms with Gasteiger partial charge >= 0.3 is 0 Å². The highest BCUT2D eigenvalue weighted by Gasteiger charge is 2.35. The Labute approximate surface area is 233 Å². The molecule has 1 aliphatic rings. The van der Waals surface area contributed by atoms with Crippen molar-refractivity contribution in [3.8, 4) is 11.5 Å². The maximum atomic E-state index is 13.2. The molecule has 0 N–H and O–H groups in total. The Morgan fingerprint density at radius 1 is 0.897 bits per heavy atom. The molecule has 1 saturated heterocycles. The standard InChI is InChI=1S/C32H32N2O4S/c1-22(2)26-14-13-23(3)19-29(26)38-18-16-34-31(35)30(39-32(34)36)20-24-21-33(28-12-8-7-11-27(24)28)15-17-37-25-9-5-4-6-10-25/h4-14,19-22H,15-18H2,1-3H3/b30-20-. The Balaban J connectivity index is 1.28. The monoisotopic (exact) mass is 540 g/mol. The van der Waals surface area contributed by atoms with Crippen LogP contribution in [0.2, 0.25) is 0 Å². The molecule has 4 aromatic rings. The number of imide groups is 1. The Morgan fingerprint density at radius 3 is 2.44 bits per heavy atom. The fourth-order valence-electron chi connectivity index (χ4n) is 4.68. The second-order valence-corrected chi connectivity index (χ2v) is 10.8. The maximum Gasteiger partial charge on any atom is 0.293 e. The van der Waals surface area contributed by atoms with E-state index in [9.17, 15) is 9.59 Å². The van der Waals surface area contributed by atoms with Crippen LogP contribution >= 0.6 is 11.8 Å². The summed E-state index contributed by atoms with van der Waals surface area (Å²) in [5, 5.41) is 0.746. The van der Waals surface area contributed by atoms with E-state index in [4.69, 9.17) is 9.47 Å². The summed E-state index contributed by atoms with van der Waals surface area (Å²) in [5.74, 6) is 1.66. The molecule has 0 saturated carbocycles. The van der Waals surface area contributed by atoms with Gasteiger partial charge in [-0.1, -0.05) is 62.4 Å². The predicted octanol–water partition coefficient (Wildman–Crippen LogP) is 7.27. The molecule has 200 valence electrons. The molecule has 7 heteroatoms. The zero-order chi connectivity index (χ0) is 27.4. The van der Waals surface area contributed by atoms with Crippen LogP contribution < -0.4 is 9.47 Å². The fraction of sp³-hybridized carbons (Fsp3) is 0.250. The number of rotatable bonds is 10. The van der Waals surface area contributed by atoms with Crippen molar-refractivity contribution >= 4 is 39.9 Å². The lowest BCUT2D eigenvalue weighted by Gasteiger charge is -2.17. The molecular weight excluding hydrogens is 508 g/mol. The number of carbonyl (C=O) groups excluding carboxylic acids is 2. The van der Waals surface area contributed by atoms with Gasteiger partial charge in [0.1, 0.15) is 24.7 Å². The number of aromatic nitrogens is 1. The molecule has 3 aromatic carbocycles. The molecule has 0 spiro atoms. The minimum atomic E-state index is -0.286. The second kappa shape index (κ2) is 11.8. The van der Waals surface area contributed by atoms with Crippen molar-refractivity contribution in [2.75, 3.05) is 19.8 Å². The molecule has 0 atom stereocenters. The molecule has 1 aliphatic heterocycles. The van der Waals surface area contributed by atoms with Crippen molar-refractivity contribution in [3.05, 3.63) is 101 Å². The molecule has 0 aliphatic carbocycles. The number of hydrogen-bond donors (Lipinski definition) is 0. The van der Waals surface area contributed by atoms with E-state index in [1.54, 1.807) is 0 Å². The summed E-state index contributed by atoms with van der Waals surface area (Å²) >= 11 is 0.975. The van der Waals surface area contributed by atoms with Gasteiger partial charge in [-0.25, -0.2) is 0 Å². The highest BCUT2D eigenvalue weighted by Crippen LogP contribution is 2.34. The SMILES string of the molecule is Cc1ccc(C(C)C)c(OCCN2C(=O)S/C(=C\c3cn(CCOc4ccccc4)c4ccccc34)C2=O)c1. The van der Waals surface area contributed by atoms with E-state index in [-0.39, 0.29) is 24.3 Å². The van der Waals surface area contributed by atoms with E-state index in [2.05, 4.69) is 36.6 Å². The summed E-state index contributed by atoms with van der Waals surface area (Å²) < 4.78 is 14.0. The van der Waals surface area contributed by atoms with Gasteiger partial charge in [-0.3, -0.25) is 14.5 Å². The molecule has 0 unspecified atom stereocenters. The number of aryl methyl sites for hydroxylation is 1. The Morgan fingerprint density at radius 2 is 1.64 bits per heavy atom. The lowest BCUT2D eigenvalue weighted by atomic mass is 10.0. The van der Waals surface area contributed by atoms with E-state index in [1.165, 1.54) is 4.90 Å². The van der Waals surface area contributed by atoms with E-state index in [0.717, 1.165) is 50.9 Å². The van der Waals surface area contributed by atoms with Crippen molar-refractivity contribution in [1.82, 2.24) is 9.47 Å². The average Bonchev–Trinajstić information content (AvgIpc) is 3.41. The molecule has 1 aromatic heterocycles. The van der Waals surface area contributed by atoms with Crippen molar-refractivity contribution in [2.24, 2.45) is 0 Å². The first-order valence-electron chi connectivity index (χ1n) is 13.1. The number of nitrogens with zero attached hydrogens (tertiary/aromatic N) is 2. The minimum Gasteiger partial charge on any atom is -0.492 e. The van der Waals surface area contributed by atoms with Crippen LogP contribution in [0.3, 0.4) is 0 Å². The third-order valence-electron chi connectivity index (χ3n) is 6.69. The molecular formula is C32H32N2O4S. The van der Waals surface area contributed by atoms with Crippen molar-refractivity contribution in [3.63, 3.8) is 0 Å². The Kier molecular flexibility index (Phi) is 8.07. The zero-order valence-corrected chi connectivity index (χ0v) is 23.2. The summed E-state index contributed by atoms with van der Waals surface area (Å²) in [4.78, 5) is 27.6.